The van der Waals surface area contributed by atoms with E-state index in [4.69, 9.17) is 4.74 Å². The zero-order valence-corrected chi connectivity index (χ0v) is 16.7. The first-order chi connectivity index (χ1) is 10.1. The summed E-state index contributed by atoms with van der Waals surface area (Å²) in [5.74, 6) is 1.74. The van der Waals surface area contributed by atoms with Crippen LogP contribution in [0.1, 0.15) is 43.5 Å². The first-order valence-electron chi connectivity index (χ1n) is 7.65. The van der Waals surface area contributed by atoms with Crippen LogP contribution in [0.2, 0.25) is 0 Å². The number of aliphatic imine (C=N–C) groups is 1. The largest absolute Gasteiger partial charge is 0.496 e. The Labute approximate surface area is 151 Å². The minimum absolute atomic E-state index is 0. The van der Waals surface area contributed by atoms with Gasteiger partial charge in [-0.15, -0.1) is 24.0 Å². The number of nitrogens with one attached hydrogen (secondary N) is 2. The predicted molar refractivity (Wildman–Crippen MR) is 103 cm³/mol. The third kappa shape index (κ3) is 6.37. The molecule has 126 valence electrons. The van der Waals surface area contributed by atoms with Crippen molar-refractivity contribution in [2.75, 3.05) is 20.2 Å². The molecule has 1 aromatic heterocycles. The van der Waals surface area contributed by atoms with E-state index in [0.717, 1.165) is 48.0 Å². The van der Waals surface area contributed by atoms with Gasteiger partial charge in [0.2, 0.25) is 0 Å². The van der Waals surface area contributed by atoms with Gasteiger partial charge in [-0.05, 0) is 27.2 Å². The van der Waals surface area contributed by atoms with E-state index in [9.17, 15) is 0 Å². The zero-order chi connectivity index (χ0) is 15.7. The summed E-state index contributed by atoms with van der Waals surface area (Å²) < 4.78 is 5.43. The van der Waals surface area contributed by atoms with Crippen molar-refractivity contribution in [3.8, 4) is 5.75 Å². The molecule has 0 saturated heterocycles. The highest BCUT2D eigenvalue weighted by Gasteiger charge is 2.09. The van der Waals surface area contributed by atoms with Gasteiger partial charge in [0.25, 0.3) is 0 Å². The van der Waals surface area contributed by atoms with Gasteiger partial charge in [-0.25, -0.2) is 4.99 Å². The molecule has 5 nitrogen and oxygen atoms in total. The topological polar surface area (TPSA) is 58.5 Å². The van der Waals surface area contributed by atoms with Crippen molar-refractivity contribution in [1.29, 1.82) is 0 Å². The van der Waals surface area contributed by atoms with Gasteiger partial charge in [0.05, 0.1) is 19.3 Å². The first kappa shape index (κ1) is 20.9. The van der Waals surface area contributed by atoms with Gasteiger partial charge in [-0.1, -0.05) is 13.3 Å². The number of methoxy groups -OCH3 is 1. The van der Waals surface area contributed by atoms with Gasteiger partial charge in [0.15, 0.2) is 5.96 Å². The molecule has 1 aromatic rings. The third-order valence-electron chi connectivity index (χ3n) is 3.30. The van der Waals surface area contributed by atoms with E-state index >= 15 is 0 Å². The van der Waals surface area contributed by atoms with Crippen molar-refractivity contribution in [2.24, 2.45) is 4.99 Å². The zero-order valence-electron chi connectivity index (χ0n) is 14.3. The fourth-order valence-corrected chi connectivity index (χ4v) is 2.11. The average Bonchev–Trinajstić information content (AvgIpc) is 2.47. The predicted octanol–water partition coefficient (Wildman–Crippen LogP) is 3.18. The smallest absolute Gasteiger partial charge is 0.191 e. The number of hydrogen-bond acceptors (Lipinski definition) is 3. The molecule has 1 rings (SSSR count). The highest BCUT2D eigenvalue weighted by Crippen LogP contribution is 2.24. The van der Waals surface area contributed by atoms with Gasteiger partial charge in [0.1, 0.15) is 5.75 Å². The molecule has 0 aliphatic rings. The Kier molecular flexibility index (Phi) is 11.0. The summed E-state index contributed by atoms with van der Waals surface area (Å²) in [7, 11) is 1.69. The first-order valence-corrected chi connectivity index (χ1v) is 7.65. The Morgan fingerprint density at radius 2 is 2.00 bits per heavy atom. The van der Waals surface area contributed by atoms with E-state index < -0.39 is 0 Å². The number of rotatable bonds is 7. The van der Waals surface area contributed by atoms with E-state index in [1.807, 2.05) is 20.0 Å². The van der Waals surface area contributed by atoms with Crippen LogP contribution in [0.5, 0.6) is 5.75 Å². The number of pyridine rings is 1. The molecule has 0 bridgehead atoms. The van der Waals surface area contributed by atoms with Crippen LogP contribution in [0.3, 0.4) is 0 Å². The molecule has 0 aliphatic heterocycles. The van der Waals surface area contributed by atoms with Crippen molar-refractivity contribution in [1.82, 2.24) is 15.6 Å². The minimum atomic E-state index is 0. The lowest BCUT2D eigenvalue weighted by Crippen LogP contribution is -2.37. The molecular weight excluding hydrogens is 391 g/mol. The lowest BCUT2D eigenvalue weighted by Gasteiger charge is -2.13. The summed E-state index contributed by atoms with van der Waals surface area (Å²) in [5.41, 5.74) is 3.06. The molecule has 22 heavy (non-hydrogen) atoms. The second kappa shape index (κ2) is 11.5. The highest BCUT2D eigenvalue weighted by molar-refractivity contribution is 14.0. The number of halogens is 1. The Morgan fingerprint density at radius 3 is 2.59 bits per heavy atom. The standard InChI is InChI=1S/C16H28N4O.HI/c1-6-8-9-18-16(17-7-2)20-11-14-13(4)15(21-5)12(3)10-19-14;/h10H,6-9,11H2,1-5H3,(H2,17,18,20);1H. The molecule has 0 atom stereocenters. The van der Waals surface area contributed by atoms with Crippen LogP contribution in [0, 0.1) is 13.8 Å². The molecule has 0 spiro atoms. The van der Waals surface area contributed by atoms with E-state index in [0.29, 0.717) is 6.54 Å². The summed E-state index contributed by atoms with van der Waals surface area (Å²) in [4.78, 5) is 9.07. The molecule has 1 heterocycles. The Morgan fingerprint density at radius 1 is 1.27 bits per heavy atom. The van der Waals surface area contributed by atoms with E-state index in [2.05, 4.69) is 34.5 Å². The normalized spacial score (nSPS) is 10.9. The van der Waals surface area contributed by atoms with Crippen molar-refractivity contribution >= 4 is 29.9 Å². The van der Waals surface area contributed by atoms with Gasteiger partial charge in [-0.3, -0.25) is 4.98 Å². The van der Waals surface area contributed by atoms with Crippen LogP contribution in [-0.4, -0.2) is 31.1 Å². The molecule has 0 amide bonds. The second-order valence-corrected chi connectivity index (χ2v) is 5.02. The summed E-state index contributed by atoms with van der Waals surface area (Å²) in [6.45, 7) is 10.6. The molecule has 0 saturated carbocycles. The Bertz CT molecular complexity index is 477. The van der Waals surface area contributed by atoms with Gasteiger partial charge >= 0.3 is 0 Å². The molecule has 0 aromatic carbocycles. The van der Waals surface area contributed by atoms with Crippen molar-refractivity contribution < 1.29 is 4.74 Å². The fraction of sp³-hybridized carbons (Fsp3) is 0.625. The van der Waals surface area contributed by atoms with Crippen molar-refractivity contribution in [2.45, 2.75) is 47.1 Å². The molecule has 0 fully saturated rings. The Balaban J connectivity index is 0.00000441. The van der Waals surface area contributed by atoms with Crippen LogP contribution in [0.4, 0.5) is 0 Å². The number of nitrogens with zero attached hydrogens (tertiary/aromatic N) is 2. The number of guanidine groups is 1. The number of aryl methyl sites for hydroxylation is 1. The fourth-order valence-electron chi connectivity index (χ4n) is 2.11. The monoisotopic (exact) mass is 420 g/mol. The number of hydrogen-bond donors (Lipinski definition) is 2. The maximum absolute atomic E-state index is 5.43. The van der Waals surface area contributed by atoms with Crippen LogP contribution in [0.25, 0.3) is 0 Å². The van der Waals surface area contributed by atoms with Crippen LogP contribution < -0.4 is 15.4 Å². The van der Waals surface area contributed by atoms with Gasteiger partial charge in [0, 0.05) is 30.4 Å². The number of ether oxygens (including phenoxy) is 1. The molecular formula is C16H29IN4O. The van der Waals surface area contributed by atoms with E-state index in [-0.39, 0.29) is 24.0 Å². The summed E-state index contributed by atoms with van der Waals surface area (Å²) in [5, 5.41) is 6.58. The van der Waals surface area contributed by atoms with Crippen molar-refractivity contribution in [3.63, 3.8) is 0 Å². The number of aromatic nitrogens is 1. The summed E-state index contributed by atoms with van der Waals surface area (Å²) in [6.07, 6.45) is 4.15. The van der Waals surface area contributed by atoms with Crippen LogP contribution in [-0.2, 0) is 6.54 Å². The van der Waals surface area contributed by atoms with Crippen LogP contribution >= 0.6 is 24.0 Å². The second-order valence-electron chi connectivity index (χ2n) is 5.02. The minimum Gasteiger partial charge on any atom is -0.496 e. The highest BCUT2D eigenvalue weighted by atomic mass is 127. The average molecular weight is 420 g/mol. The lowest BCUT2D eigenvalue weighted by atomic mass is 10.1. The summed E-state index contributed by atoms with van der Waals surface area (Å²) in [6, 6.07) is 0. The molecule has 0 radical (unpaired) electrons. The SMILES string of the molecule is CCCCNC(=NCc1ncc(C)c(OC)c1C)NCC.I. The summed E-state index contributed by atoms with van der Waals surface area (Å²) >= 11 is 0. The quantitative estimate of drug-likeness (QED) is 0.308. The van der Waals surface area contributed by atoms with E-state index in [1.165, 1.54) is 6.42 Å². The number of unbranched alkanes of at least 4 members (excludes halogenated alkanes) is 1. The Hall–Kier alpha value is -1.05. The third-order valence-corrected chi connectivity index (χ3v) is 3.30. The van der Waals surface area contributed by atoms with Gasteiger partial charge in [-0.2, -0.15) is 0 Å². The molecule has 6 heteroatoms. The van der Waals surface area contributed by atoms with E-state index in [1.54, 1.807) is 7.11 Å². The molecule has 0 aliphatic carbocycles. The van der Waals surface area contributed by atoms with Crippen molar-refractivity contribution in [3.05, 3.63) is 23.0 Å². The molecule has 0 unspecified atom stereocenters. The van der Waals surface area contributed by atoms with Gasteiger partial charge < -0.3 is 15.4 Å². The lowest BCUT2D eigenvalue weighted by molar-refractivity contribution is 0.407. The maximum atomic E-state index is 5.43. The molecule has 2 N–H and O–H groups in total. The van der Waals surface area contributed by atoms with Crippen LogP contribution in [0.15, 0.2) is 11.2 Å². The maximum Gasteiger partial charge on any atom is 0.191 e.